The fourth-order valence-corrected chi connectivity index (χ4v) is 1.61. The fraction of sp³-hybridized carbons (Fsp3) is 0.0769. The number of benzene rings is 1. The molecule has 0 bridgehead atoms. The van der Waals surface area contributed by atoms with E-state index in [2.05, 4.69) is 4.98 Å². The fourth-order valence-electron chi connectivity index (χ4n) is 1.61. The van der Waals surface area contributed by atoms with Crippen molar-refractivity contribution in [1.82, 2.24) is 4.98 Å². The number of aromatic nitrogens is 1. The van der Waals surface area contributed by atoms with Gasteiger partial charge in [-0.2, -0.15) is 0 Å². The van der Waals surface area contributed by atoms with E-state index >= 15 is 0 Å². The van der Waals surface area contributed by atoms with Crippen LogP contribution in [0.4, 0.5) is 14.5 Å². The van der Waals surface area contributed by atoms with Gasteiger partial charge in [-0.15, -0.1) is 0 Å². The van der Waals surface area contributed by atoms with Gasteiger partial charge >= 0.3 is 0 Å². The van der Waals surface area contributed by atoms with Crippen molar-refractivity contribution in [2.75, 3.05) is 5.73 Å². The summed E-state index contributed by atoms with van der Waals surface area (Å²) in [5.41, 5.74) is 5.65. The molecule has 0 aliphatic carbocycles. The van der Waals surface area contributed by atoms with Crippen LogP contribution in [0.15, 0.2) is 42.7 Å². The van der Waals surface area contributed by atoms with Crippen molar-refractivity contribution in [3.63, 3.8) is 0 Å². The van der Waals surface area contributed by atoms with E-state index in [1.54, 1.807) is 6.07 Å². The first kappa shape index (κ1) is 12.2. The summed E-state index contributed by atoms with van der Waals surface area (Å²) < 4.78 is 25.7. The molecule has 3 nitrogen and oxygen atoms in total. The molecule has 0 fully saturated rings. The van der Waals surface area contributed by atoms with Gasteiger partial charge < -0.3 is 5.73 Å². The molecule has 0 spiro atoms. The molecule has 0 saturated heterocycles. The van der Waals surface area contributed by atoms with Gasteiger partial charge in [0, 0.05) is 34.8 Å². The summed E-state index contributed by atoms with van der Waals surface area (Å²) in [4.78, 5) is 15.9. The van der Waals surface area contributed by atoms with Crippen LogP contribution in [0.2, 0.25) is 0 Å². The van der Waals surface area contributed by atoms with Gasteiger partial charge in [0.1, 0.15) is 0 Å². The highest BCUT2D eigenvalue weighted by Gasteiger charge is 2.19. The smallest absolute Gasteiger partial charge is 0.264 e. The normalized spacial score (nSPS) is 10.6. The molecule has 2 rings (SSSR count). The van der Waals surface area contributed by atoms with E-state index in [9.17, 15) is 13.6 Å². The van der Waals surface area contributed by atoms with Gasteiger partial charge in [-0.05, 0) is 24.3 Å². The van der Waals surface area contributed by atoms with Gasteiger partial charge in [-0.3, -0.25) is 9.78 Å². The number of anilines is 1. The molecule has 92 valence electrons. The minimum absolute atomic E-state index is 0.0852. The van der Waals surface area contributed by atoms with Crippen LogP contribution < -0.4 is 5.73 Å². The highest BCUT2D eigenvalue weighted by Crippen LogP contribution is 2.26. The third-order valence-corrected chi connectivity index (χ3v) is 2.48. The molecule has 0 aliphatic heterocycles. The van der Waals surface area contributed by atoms with Gasteiger partial charge in [-0.1, -0.05) is 6.07 Å². The summed E-state index contributed by atoms with van der Waals surface area (Å²) >= 11 is 0. The molecule has 1 aromatic carbocycles. The van der Waals surface area contributed by atoms with Crippen LogP contribution in [0.5, 0.6) is 0 Å². The Bertz CT molecular complexity index is 570. The van der Waals surface area contributed by atoms with Crippen LogP contribution in [0, 0.1) is 0 Å². The van der Waals surface area contributed by atoms with E-state index in [-0.39, 0.29) is 22.4 Å². The maximum atomic E-state index is 12.8. The van der Waals surface area contributed by atoms with Crippen LogP contribution in [0.3, 0.4) is 0 Å². The zero-order valence-electron chi connectivity index (χ0n) is 9.31. The van der Waals surface area contributed by atoms with E-state index in [0.717, 1.165) is 0 Å². The Morgan fingerprint density at radius 2 is 2.06 bits per heavy atom. The second-order valence-electron chi connectivity index (χ2n) is 3.72. The zero-order chi connectivity index (χ0) is 13.1. The molecular formula is C13H10F2N2O. The molecule has 18 heavy (non-hydrogen) atoms. The number of ketones is 1. The van der Waals surface area contributed by atoms with Crippen molar-refractivity contribution >= 4 is 11.5 Å². The first-order valence-corrected chi connectivity index (χ1v) is 5.22. The number of nitrogen functional groups attached to an aromatic ring is 1. The minimum Gasteiger partial charge on any atom is -0.399 e. The van der Waals surface area contributed by atoms with Crippen LogP contribution in [-0.2, 0) is 0 Å². The third kappa shape index (κ3) is 2.34. The Morgan fingerprint density at radius 1 is 1.28 bits per heavy atom. The van der Waals surface area contributed by atoms with Crippen molar-refractivity contribution in [2.24, 2.45) is 0 Å². The summed E-state index contributed by atoms with van der Waals surface area (Å²) in [5.74, 6) is -0.509. The molecule has 2 aromatic rings. The molecular weight excluding hydrogens is 238 g/mol. The number of nitrogens with two attached hydrogens (primary N) is 1. The Hall–Kier alpha value is -2.30. The van der Waals surface area contributed by atoms with Crippen LogP contribution in [0.1, 0.15) is 27.9 Å². The summed E-state index contributed by atoms with van der Waals surface area (Å²) in [5, 5.41) is 0. The molecule has 2 N–H and O–H groups in total. The molecule has 1 heterocycles. The Morgan fingerprint density at radius 3 is 2.67 bits per heavy atom. The molecule has 0 saturated carbocycles. The predicted molar refractivity (Wildman–Crippen MR) is 63.5 cm³/mol. The number of rotatable bonds is 3. The lowest BCUT2D eigenvalue weighted by Gasteiger charge is -2.08. The van der Waals surface area contributed by atoms with Gasteiger partial charge in [0.25, 0.3) is 6.43 Å². The zero-order valence-corrected chi connectivity index (χ0v) is 9.31. The number of hydrogen-bond acceptors (Lipinski definition) is 3. The van der Waals surface area contributed by atoms with Gasteiger partial charge in [0.2, 0.25) is 0 Å². The maximum Gasteiger partial charge on any atom is 0.264 e. The Labute approximate surface area is 102 Å². The van der Waals surface area contributed by atoms with E-state index in [0.29, 0.717) is 0 Å². The lowest BCUT2D eigenvalue weighted by molar-refractivity contribution is 0.102. The van der Waals surface area contributed by atoms with Crippen molar-refractivity contribution in [3.05, 3.63) is 59.4 Å². The maximum absolute atomic E-state index is 12.8. The second-order valence-corrected chi connectivity index (χ2v) is 3.72. The molecule has 0 unspecified atom stereocenters. The number of nitrogens with zero attached hydrogens (tertiary/aromatic N) is 1. The van der Waals surface area contributed by atoms with Crippen molar-refractivity contribution in [2.45, 2.75) is 6.43 Å². The van der Waals surface area contributed by atoms with E-state index in [1.165, 1.54) is 36.7 Å². The Balaban J connectivity index is 2.50. The van der Waals surface area contributed by atoms with Crippen LogP contribution in [0.25, 0.3) is 0 Å². The standard InChI is InChI=1S/C13H10F2N2O/c14-13(15)10-4-3-9(16)6-11(10)12(18)8-2-1-5-17-7-8/h1-7,13H,16H2. The molecule has 1 aromatic heterocycles. The number of alkyl halides is 2. The number of halogens is 2. The van der Waals surface area contributed by atoms with Crippen molar-refractivity contribution < 1.29 is 13.6 Å². The van der Waals surface area contributed by atoms with Crippen LogP contribution >= 0.6 is 0 Å². The third-order valence-electron chi connectivity index (χ3n) is 2.48. The van der Waals surface area contributed by atoms with Gasteiger partial charge in [0.15, 0.2) is 5.78 Å². The van der Waals surface area contributed by atoms with Gasteiger partial charge in [-0.25, -0.2) is 8.78 Å². The SMILES string of the molecule is Nc1ccc(C(F)F)c(C(=O)c2cccnc2)c1. The van der Waals surface area contributed by atoms with Crippen LogP contribution in [-0.4, -0.2) is 10.8 Å². The predicted octanol–water partition coefficient (Wildman–Crippen LogP) is 2.83. The summed E-state index contributed by atoms with van der Waals surface area (Å²) in [7, 11) is 0. The van der Waals surface area contributed by atoms with Gasteiger partial charge in [0.05, 0.1) is 0 Å². The summed E-state index contributed by atoms with van der Waals surface area (Å²) in [6, 6.07) is 6.87. The second kappa shape index (κ2) is 4.91. The highest BCUT2D eigenvalue weighted by atomic mass is 19.3. The monoisotopic (exact) mass is 248 g/mol. The minimum atomic E-state index is -2.72. The Kier molecular flexibility index (Phi) is 3.32. The molecule has 0 atom stereocenters. The van der Waals surface area contributed by atoms with E-state index in [1.807, 2.05) is 0 Å². The largest absolute Gasteiger partial charge is 0.399 e. The quantitative estimate of drug-likeness (QED) is 0.671. The number of hydrogen-bond donors (Lipinski definition) is 1. The lowest BCUT2D eigenvalue weighted by Crippen LogP contribution is -2.07. The topological polar surface area (TPSA) is 56.0 Å². The highest BCUT2D eigenvalue weighted by molar-refractivity contribution is 6.10. The van der Waals surface area contributed by atoms with E-state index < -0.39 is 12.2 Å². The first-order valence-electron chi connectivity index (χ1n) is 5.22. The molecule has 5 heteroatoms. The first-order chi connectivity index (χ1) is 8.59. The lowest BCUT2D eigenvalue weighted by atomic mass is 9.99. The average molecular weight is 248 g/mol. The molecule has 0 aliphatic rings. The molecule has 0 radical (unpaired) electrons. The van der Waals surface area contributed by atoms with Crippen molar-refractivity contribution in [1.29, 1.82) is 0 Å². The number of carbonyl (C=O) groups excluding carboxylic acids is 1. The average Bonchev–Trinajstić information content (AvgIpc) is 2.38. The molecule has 0 amide bonds. The van der Waals surface area contributed by atoms with E-state index in [4.69, 9.17) is 5.73 Å². The summed E-state index contributed by atoms with van der Waals surface area (Å²) in [6.45, 7) is 0. The summed E-state index contributed by atoms with van der Waals surface area (Å²) in [6.07, 6.45) is 0.117. The number of carbonyl (C=O) groups is 1. The number of pyridine rings is 1. The van der Waals surface area contributed by atoms with Crippen molar-refractivity contribution in [3.8, 4) is 0 Å².